The molecule has 2 N–H and O–H groups in total. The lowest BCUT2D eigenvalue weighted by Gasteiger charge is -2.14. The summed E-state index contributed by atoms with van der Waals surface area (Å²) in [5.74, 6) is -0.260. The van der Waals surface area contributed by atoms with Crippen LogP contribution in [0.5, 0.6) is 0 Å². The number of carbonyl (C=O) groups is 1. The second-order valence-electron chi connectivity index (χ2n) is 5.07. The van der Waals surface area contributed by atoms with Crippen molar-refractivity contribution < 1.29 is 9.53 Å². The Labute approximate surface area is 114 Å². The molecule has 0 saturated carbocycles. The van der Waals surface area contributed by atoms with Crippen LogP contribution in [0.3, 0.4) is 0 Å². The Morgan fingerprint density at radius 1 is 1.37 bits per heavy atom. The van der Waals surface area contributed by atoms with Crippen LogP contribution in [0.2, 0.25) is 0 Å². The number of carbonyl (C=O) groups excluding carboxylic acids is 1. The molecule has 1 aliphatic heterocycles. The zero-order chi connectivity index (χ0) is 13.5. The lowest BCUT2D eigenvalue weighted by atomic mass is 10.1. The number of ether oxygens (including phenoxy) is 1. The van der Waals surface area contributed by atoms with Crippen LogP contribution in [0.25, 0.3) is 0 Å². The molecule has 1 aliphatic rings. The Kier molecular flexibility index (Phi) is 5.36. The highest BCUT2D eigenvalue weighted by Gasteiger charge is 2.23. The summed E-state index contributed by atoms with van der Waals surface area (Å²) in [6.45, 7) is 2.87. The highest BCUT2D eigenvalue weighted by Crippen LogP contribution is 2.12. The summed E-state index contributed by atoms with van der Waals surface area (Å²) in [7, 11) is 0. The zero-order valence-electron chi connectivity index (χ0n) is 11.3. The summed E-state index contributed by atoms with van der Waals surface area (Å²) in [6.07, 6.45) is 3.35. The van der Waals surface area contributed by atoms with Crippen molar-refractivity contribution in [2.75, 3.05) is 26.2 Å². The van der Waals surface area contributed by atoms with E-state index in [0.717, 1.165) is 39.0 Å². The monoisotopic (exact) mass is 262 g/mol. The minimum Gasteiger partial charge on any atom is -0.377 e. The molecule has 104 valence electrons. The average molecular weight is 262 g/mol. The first-order valence-corrected chi connectivity index (χ1v) is 6.90. The van der Waals surface area contributed by atoms with E-state index in [1.54, 1.807) is 0 Å². The summed E-state index contributed by atoms with van der Waals surface area (Å²) >= 11 is 0. The van der Waals surface area contributed by atoms with Gasteiger partial charge in [-0.25, -0.2) is 0 Å². The van der Waals surface area contributed by atoms with Gasteiger partial charge in [0.15, 0.2) is 0 Å². The quantitative estimate of drug-likeness (QED) is 0.751. The summed E-state index contributed by atoms with van der Waals surface area (Å²) < 4.78 is 5.84. The summed E-state index contributed by atoms with van der Waals surface area (Å²) in [5, 5.41) is 0. The normalized spacial score (nSPS) is 19.7. The number of hydrogen-bond donors (Lipinski definition) is 1. The lowest BCUT2D eigenvalue weighted by Crippen LogP contribution is -2.33. The van der Waals surface area contributed by atoms with Crippen LogP contribution in [-0.2, 0) is 16.0 Å². The Bertz CT molecular complexity index is 394. The largest absolute Gasteiger partial charge is 0.377 e. The number of aryl methyl sites for hydroxylation is 1. The second-order valence-corrected chi connectivity index (χ2v) is 5.07. The molecule has 4 nitrogen and oxygen atoms in total. The summed E-state index contributed by atoms with van der Waals surface area (Å²) in [6, 6.07) is 10.4. The van der Waals surface area contributed by atoms with Gasteiger partial charge in [-0.3, -0.25) is 9.69 Å². The van der Waals surface area contributed by atoms with E-state index in [4.69, 9.17) is 10.5 Å². The van der Waals surface area contributed by atoms with Crippen molar-refractivity contribution in [3.05, 3.63) is 35.9 Å². The number of nitrogens with zero attached hydrogens (tertiary/aromatic N) is 1. The highest BCUT2D eigenvalue weighted by atomic mass is 16.5. The Morgan fingerprint density at radius 2 is 2.16 bits per heavy atom. The molecular formula is C15H22N2O2. The summed E-state index contributed by atoms with van der Waals surface area (Å²) in [4.78, 5) is 12.9. The first kappa shape index (κ1) is 14.0. The van der Waals surface area contributed by atoms with Gasteiger partial charge in [-0.1, -0.05) is 30.3 Å². The zero-order valence-corrected chi connectivity index (χ0v) is 11.3. The third-order valence-electron chi connectivity index (χ3n) is 3.41. The molecule has 0 bridgehead atoms. The minimum atomic E-state index is -0.260. The average Bonchev–Trinajstić information content (AvgIpc) is 2.83. The smallest absolute Gasteiger partial charge is 0.231 e. The van der Waals surface area contributed by atoms with E-state index in [1.807, 2.05) is 6.07 Å². The molecule has 1 fully saturated rings. The third-order valence-corrected chi connectivity index (χ3v) is 3.41. The second kappa shape index (κ2) is 7.26. The van der Waals surface area contributed by atoms with E-state index in [-0.39, 0.29) is 12.0 Å². The first-order valence-electron chi connectivity index (χ1n) is 6.90. The predicted molar refractivity (Wildman–Crippen MR) is 74.8 cm³/mol. The van der Waals surface area contributed by atoms with Crippen LogP contribution >= 0.6 is 0 Å². The van der Waals surface area contributed by atoms with E-state index < -0.39 is 0 Å². The first-order chi connectivity index (χ1) is 9.24. The lowest BCUT2D eigenvalue weighted by molar-refractivity contribution is -0.119. The van der Waals surface area contributed by atoms with E-state index >= 15 is 0 Å². The number of nitrogens with two attached hydrogens (primary N) is 1. The molecule has 1 aromatic rings. The molecule has 1 aromatic carbocycles. The molecule has 0 spiro atoms. The molecule has 19 heavy (non-hydrogen) atoms. The molecule has 1 heterocycles. The standard InChI is InChI=1S/C15H22N2O2/c16-15(18)12-17-9-8-14(11-17)19-10-4-7-13-5-2-1-3-6-13/h1-3,5-6,14H,4,7-12H2,(H2,16,18). The molecule has 1 atom stereocenters. The molecule has 4 heteroatoms. The Balaban J connectivity index is 1.58. The number of hydrogen-bond acceptors (Lipinski definition) is 3. The topological polar surface area (TPSA) is 55.6 Å². The van der Waals surface area contributed by atoms with Gasteiger partial charge in [-0.15, -0.1) is 0 Å². The fraction of sp³-hybridized carbons (Fsp3) is 0.533. The molecular weight excluding hydrogens is 240 g/mol. The third kappa shape index (κ3) is 5.01. The van der Waals surface area contributed by atoms with E-state index in [2.05, 4.69) is 29.2 Å². The van der Waals surface area contributed by atoms with Crippen molar-refractivity contribution in [2.45, 2.75) is 25.4 Å². The molecule has 1 saturated heterocycles. The van der Waals surface area contributed by atoms with Crippen molar-refractivity contribution in [3.8, 4) is 0 Å². The van der Waals surface area contributed by atoms with Gasteiger partial charge >= 0.3 is 0 Å². The molecule has 2 rings (SSSR count). The maximum absolute atomic E-state index is 10.8. The van der Waals surface area contributed by atoms with Crippen LogP contribution in [0.1, 0.15) is 18.4 Å². The SMILES string of the molecule is NC(=O)CN1CCC(OCCCc2ccccc2)C1. The number of likely N-dealkylation sites (tertiary alicyclic amines) is 1. The van der Waals surface area contributed by atoms with Crippen LogP contribution in [-0.4, -0.2) is 43.2 Å². The summed E-state index contributed by atoms with van der Waals surface area (Å²) in [5.41, 5.74) is 6.54. The van der Waals surface area contributed by atoms with Gasteiger partial charge in [0.25, 0.3) is 0 Å². The fourth-order valence-corrected chi connectivity index (χ4v) is 2.47. The van der Waals surface area contributed by atoms with Gasteiger partial charge in [0.2, 0.25) is 5.91 Å². The van der Waals surface area contributed by atoms with Gasteiger partial charge in [-0.05, 0) is 24.8 Å². The van der Waals surface area contributed by atoms with Gasteiger partial charge in [-0.2, -0.15) is 0 Å². The van der Waals surface area contributed by atoms with Gasteiger partial charge < -0.3 is 10.5 Å². The maximum atomic E-state index is 10.8. The minimum absolute atomic E-state index is 0.259. The number of amides is 1. The number of rotatable bonds is 7. The maximum Gasteiger partial charge on any atom is 0.231 e. The van der Waals surface area contributed by atoms with Crippen LogP contribution < -0.4 is 5.73 Å². The van der Waals surface area contributed by atoms with E-state index in [1.165, 1.54) is 5.56 Å². The van der Waals surface area contributed by atoms with Crippen molar-refractivity contribution in [3.63, 3.8) is 0 Å². The van der Waals surface area contributed by atoms with Crippen molar-refractivity contribution in [2.24, 2.45) is 5.73 Å². The Hall–Kier alpha value is -1.39. The van der Waals surface area contributed by atoms with E-state index in [9.17, 15) is 4.79 Å². The van der Waals surface area contributed by atoms with Gasteiger partial charge in [0.1, 0.15) is 0 Å². The molecule has 1 unspecified atom stereocenters. The molecule has 0 aliphatic carbocycles. The van der Waals surface area contributed by atoms with Crippen molar-refractivity contribution in [1.82, 2.24) is 4.90 Å². The Morgan fingerprint density at radius 3 is 2.89 bits per heavy atom. The van der Waals surface area contributed by atoms with Crippen LogP contribution in [0, 0.1) is 0 Å². The fourth-order valence-electron chi connectivity index (χ4n) is 2.47. The van der Waals surface area contributed by atoms with Crippen molar-refractivity contribution in [1.29, 1.82) is 0 Å². The number of benzene rings is 1. The van der Waals surface area contributed by atoms with E-state index in [0.29, 0.717) is 6.54 Å². The van der Waals surface area contributed by atoms with Gasteiger partial charge in [0.05, 0.1) is 12.6 Å². The molecule has 1 amide bonds. The van der Waals surface area contributed by atoms with Crippen LogP contribution in [0.4, 0.5) is 0 Å². The molecule has 0 aromatic heterocycles. The van der Waals surface area contributed by atoms with Crippen LogP contribution in [0.15, 0.2) is 30.3 Å². The van der Waals surface area contributed by atoms with Gasteiger partial charge in [0, 0.05) is 19.7 Å². The predicted octanol–water partition coefficient (Wildman–Crippen LogP) is 1.20. The highest BCUT2D eigenvalue weighted by molar-refractivity contribution is 5.75. The van der Waals surface area contributed by atoms with Crippen molar-refractivity contribution >= 4 is 5.91 Å². The molecule has 0 radical (unpaired) electrons. The number of primary amides is 1.